The Hall–Kier alpha value is -3.65. The summed E-state index contributed by atoms with van der Waals surface area (Å²) in [6.45, 7) is 11.6. The topological polar surface area (TPSA) is 79.1 Å². The van der Waals surface area contributed by atoms with Crippen molar-refractivity contribution in [2.24, 2.45) is 0 Å². The number of aryl methyl sites for hydroxylation is 2. The van der Waals surface area contributed by atoms with E-state index >= 15 is 0 Å². The Kier molecular flexibility index (Phi) is 9.98. The van der Waals surface area contributed by atoms with Crippen molar-refractivity contribution in [2.75, 3.05) is 38.2 Å². The van der Waals surface area contributed by atoms with Crippen LogP contribution in [0.3, 0.4) is 0 Å². The summed E-state index contributed by atoms with van der Waals surface area (Å²) in [6.07, 6.45) is 2.78. The zero-order chi connectivity index (χ0) is 28.6. The van der Waals surface area contributed by atoms with Crippen molar-refractivity contribution >= 4 is 17.5 Å². The molecule has 0 aliphatic carbocycles. The number of hydrogen-bond acceptors (Lipinski definition) is 6. The molecular weight excluding hydrogens is 504 g/mol. The zero-order valence-electron chi connectivity index (χ0n) is 24.5. The Morgan fingerprint density at radius 2 is 1.82 bits per heavy atom. The normalized spacial score (nSPS) is 15.1. The Morgan fingerprint density at radius 1 is 1.05 bits per heavy atom. The van der Waals surface area contributed by atoms with Crippen LogP contribution in [0.15, 0.2) is 53.1 Å². The summed E-state index contributed by atoms with van der Waals surface area (Å²) in [6, 6.07) is 15.8. The summed E-state index contributed by atoms with van der Waals surface area (Å²) < 4.78 is 10.7. The molecule has 4 rings (SSSR count). The molecule has 2 aromatic carbocycles. The number of amides is 2. The first-order chi connectivity index (χ1) is 19.3. The van der Waals surface area contributed by atoms with Crippen molar-refractivity contribution < 1.29 is 18.8 Å². The smallest absolute Gasteiger partial charge is 0.276 e. The lowest BCUT2D eigenvalue weighted by Gasteiger charge is -2.29. The molecule has 0 saturated heterocycles. The van der Waals surface area contributed by atoms with Gasteiger partial charge >= 0.3 is 0 Å². The van der Waals surface area contributed by atoms with Gasteiger partial charge in [-0.2, -0.15) is 0 Å². The van der Waals surface area contributed by atoms with Crippen LogP contribution in [0.2, 0.25) is 0 Å². The summed E-state index contributed by atoms with van der Waals surface area (Å²) in [5, 5.41) is 4.10. The van der Waals surface area contributed by atoms with Gasteiger partial charge in [-0.15, -0.1) is 0 Å². The number of aromatic nitrogens is 1. The molecule has 0 N–H and O–H groups in total. The molecule has 0 fully saturated rings. The SMILES string of the molecule is CCCc1cc(C(=O)N2CCN(C(C)C)CCCN(C(=O)Cc3ccc(OC)cc3)c3c(C)cccc3C2)no1. The third-order valence-corrected chi connectivity index (χ3v) is 7.54. The number of hydrogen-bond donors (Lipinski definition) is 0. The molecule has 1 aliphatic heterocycles. The largest absolute Gasteiger partial charge is 0.497 e. The Bertz CT molecular complexity index is 1280. The molecule has 214 valence electrons. The molecule has 0 bridgehead atoms. The van der Waals surface area contributed by atoms with Crippen molar-refractivity contribution in [2.45, 2.75) is 66.0 Å². The number of carbonyl (C=O) groups excluding carboxylic acids is 2. The minimum atomic E-state index is -0.155. The van der Waals surface area contributed by atoms with Crippen LogP contribution in [0.1, 0.15) is 66.6 Å². The van der Waals surface area contributed by atoms with Crippen LogP contribution in [0.5, 0.6) is 5.75 Å². The lowest BCUT2D eigenvalue weighted by atomic mass is 10.0. The maximum absolute atomic E-state index is 13.9. The second kappa shape index (κ2) is 13.6. The Morgan fingerprint density at radius 3 is 2.52 bits per heavy atom. The van der Waals surface area contributed by atoms with Gasteiger partial charge < -0.3 is 19.1 Å². The van der Waals surface area contributed by atoms with Crippen LogP contribution in [0.4, 0.5) is 5.69 Å². The van der Waals surface area contributed by atoms with Gasteiger partial charge in [0.15, 0.2) is 5.69 Å². The number of carbonyl (C=O) groups is 2. The van der Waals surface area contributed by atoms with E-state index in [2.05, 4.69) is 30.8 Å². The maximum Gasteiger partial charge on any atom is 0.276 e. The van der Waals surface area contributed by atoms with Crippen LogP contribution in [-0.2, 0) is 24.2 Å². The molecule has 8 heteroatoms. The second-order valence-corrected chi connectivity index (χ2v) is 10.8. The van der Waals surface area contributed by atoms with E-state index in [4.69, 9.17) is 9.26 Å². The number of para-hydroxylation sites is 1. The van der Waals surface area contributed by atoms with Crippen molar-refractivity contribution in [3.8, 4) is 5.75 Å². The van der Waals surface area contributed by atoms with Crippen LogP contribution < -0.4 is 9.64 Å². The minimum absolute atomic E-state index is 0.0367. The fourth-order valence-corrected chi connectivity index (χ4v) is 5.32. The molecule has 0 saturated carbocycles. The molecule has 40 heavy (non-hydrogen) atoms. The number of nitrogens with zero attached hydrogens (tertiary/aromatic N) is 4. The lowest BCUT2D eigenvalue weighted by molar-refractivity contribution is -0.118. The average Bonchev–Trinajstić information content (AvgIpc) is 3.39. The van der Waals surface area contributed by atoms with E-state index in [0.29, 0.717) is 31.4 Å². The van der Waals surface area contributed by atoms with Crippen LogP contribution in [-0.4, -0.2) is 66.1 Å². The highest BCUT2D eigenvalue weighted by Crippen LogP contribution is 2.29. The molecular formula is C32H42N4O4. The second-order valence-electron chi connectivity index (χ2n) is 10.8. The Labute approximate surface area is 237 Å². The minimum Gasteiger partial charge on any atom is -0.497 e. The van der Waals surface area contributed by atoms with Crippen molar-refractivity contribution in [3.63, 3.8) is 0 Å². The number of anilines is 1. The van der Waals surface area contributed by atoms with Gasteiger partial charge in [-0.1, -0.05) is 42.4 Å². The van der Waals surface area contributed by atoms with E-state index in [0.717, 1.165) is 66.2 Å². The third-order valence-electron chi connectivity index (χ3n) is 7.54. The number of fused-ring (bicyclic) bond motifs is 1. The molecule has 0 unspecified atom stereocenters. The molecule has 2 amide bonds. The fraction of sp³-hybridized carbons (Fsp3) is 0.469. The van der Waals surface area contributed by atoms with E-state index < -0.39 is 0 Å². The highest BCUT2D eigenvalue weighted by molar-refractivity contribution is 5.97. The van der Waals surface area contributed by atoms with Crippen LogP contribution in [0.25, 0.3) is 0 Å². The molecule has 2 heterocycles. The first kappa shape index (κ1) is 29.3. The first-order valence-corrected chi connectivity index (χ1v) is 14.3. The van der Waals surface area contributed by atoms with E-state index in [-0.39, 0.29) is 18.2 Å². The van der Waals surface area contributed by atoms with E-state index in [9.17, 15) is 9.59 Å². The molecule has 1 aromatic heterocycles. The number of methoxy groups -OCH3 is 1. The fourth-order valence-electron chi connectivity index (χ4n) is 5.32. The van der Waals surface area contributed by atoms with E-state index in [1.165, 1.54) is 0 Å². The van der Waals surface area contributed by atoms with E-state index in [1.807, 2.05) is 59.2 Å². The van der Waals surface area contributed by atoms with Gasteiger partial charge in [-0.3, -0.25) is 14.5 Å². The van der Waals surface area contributed by atoms with Gasteiger partial charge in [0.2, 0.25) is 5.91 Å². The van der Waals surface area contributed by atoms with Gasteiger partial charge in [0.1, 0.15) is 11.5 Å². The van der Waals surface area contributed by atoms with Crippen molar-refractivity contribution in [1.29, 1.82) is 0 Å². The average molecular weight is 547 g/mol. The van der Waals surface area contributed by atoms with Gasteiger partial charge in [-0.05, 0) is 62.4 Å². The summed E-state index contributed by atoms with van der Waals surface area (Å²) in [5.74, 6) is 1.37. The van der Waals surface area contributed by atoms with Gasteiger partial charge in [0, 0.05) is 51.3 Å². The van der Waals surface area contributed by atoms with Gasteiger partial charge in [0.05, 0.1) is 19.2 Å². The van der Waals surface area contributed by atoms with Crippen LogP contribution >= 0.6 is 0 Å². The van der Waals surface area contributed by atoms with E-state index in [1.54, 1.807) is 13.2 Å². The highest BCUT2D eigenvalue weighted by Gasteiger charge is 2.27. The van der Waals surface area contributed by atoms with Gasteiger partial charge in [0.25, 0.3) is 5.91 Å². The summed E-state index contributed by atoms with van der Waals surface area (Å²) in [5.41, 5.74) is 4.12. The van der Waals surface area contributed by atoms with Crippen molar-refractivity contribution in [3.05, 3.63) is 76.7 Å². The lowest BCUT2D eigenvalue weighted by Crippen LogP contribution is -2.41. The van der Waals surface area contributed by atoms with Crippen LogP contribution in [0, 0.1) is 6.92 Å². The number of benzene rings is 2. The molecule has 3 aromatic rings. The molecule has 0 radical (unpaired) electrons. The predicted octanol–water partition coefficient (Wildman–Crippen LogP) is 5.28. The maximum atomic E-state index is 13.9. The number of ether oxygens (including phenoxy) is 1. The quantitative estimate of drug-likeness (QED) is 0.401. The third kappa shape index (κ3) is 7.10. The summed E-state index contributed by atoms with van der Waals surface area (Å²) >= 11 is 0. The predicted molar refractivity (Wildman–Crippen MR) is 157 cm³/mol. The zero-order valence-corrected chi connectivity index (χ0v) is 24.5. The molecule has 0 spiro atoms. The number of rotatable bonds is 7. The summed E-state index contributed by atoms with van der Waals surface area (Å²) in [7, 11) is 1.63. The first-order valence-electron chi connectivity index (χ1n) is 14.3. The Balaban J connectivity index is 1.69. The highest BCUT2D eigenvalue weighted by atomic mass is 16.5. The molecule has 0 atom stereocenters. The molecule has 1 aliphatic rings. The molecule has 8 nitrogen and oxygen atoms in total. The monoisotopic (exact) mass is 546 g/mol. The summed E-state index contributed by atoms with van der Waals surface area (Å²) in [4.78, 5) is 33.8. The standard InChI is InChI=1S/C32H42N4O4/c1-6-9-28-21-29(33-40-28)32(38)35-19-18-34(23(2)3)16-8-17-36(31-24(4)10-7-11-26(31)22-35)30(37)20-25-12-14-27(39-5)15-13-25/h7,10-15,21,23H,6,8-9,16-20,22H2,1-5H3. The van der Waals surface area contributed by atoms with Crippen molar-refractivity contribution in [1.82, 2.24) is 15.0 Å². The van der Waals surface area contributed by atoms with Gasteiger partial charge in [-0.25, -0.2) is 0 Å².